The lowest BCUT2D eigenvalue weighted by molar-refractivity contribution is -0.127. The van der Waals surface area contributed by atoms with Crippen LogP contribution in [0.15, 0.2) is 29.4 Å². The molecule has 2 aromatic rings. The summed E-state index contributed by atoms with van der Waals surface area (Å²) in [6, 6.07) is 6.96. The normalized spacial score (nSPS) is 21.1. The van der Waals surface area contributed by atoms with E-state index in [2.05, 4.69) is 15.5 Å². The number of hydrogen-bond acceptors (Lipinski definition) is 6. The van der Waals surface area contributed by atoms with Crippen LogP contribution in [-0.4, -0.2) is 48.7 Å². The molecule has 0 N–H and O–H groups in total. The van der Waals surface area contributed by atoms with Crippen LogP contribution in [0, 0.1) is 0 Å². The third-order valence-electron chi connectivity index (χ3n) is 5.36. The summed E-state index contributed by atoms with van der Waals surface area (Å²) in [5.74, 6) is -0.437. The first-order chi connectivity index (χ1) is 13.6. The van der Waals surface area contributed by atoms with Crippen molar-refractivity contribution in [3.05, 3.63) is 34.9 Å². The molecule has 2 amide bonds. The van der Waals surface area contributed by atoms with Gasteiger partial charge in [0, 0.05) is 17.1 Å². The SMILES string of the molecule is O=C(c1ccc(Cl)cc1)N1CCCC[C@@H](Sc2nnnn2C2CCCC2)C1=O. The average molecular weight is 420 g/mol. The average Bonchev–Trinajstić information content (AvgIpc) is 3.34. The molecule has 9 heteroatoms. The van der Waals surface area contributed by atoms with Crippen molar-refractivity contribution >= 4 is 35.2 Å². The minimum atomic E-state index is -0.357. The molecule has 1 saturated carbocycles. The van der Waals surface area contributed by atoms with Gasteiger partial charge in [0.1, 0.15) is 0 Å². The molecular formula is C19H22ClN5O2S. The first-order valence-electron chi connectivity index (χ1n) is 9.69. The van der Waals surface area contributed by atoms with Crippen LogP contribution in [0.1, 0.15) is 61.3 Å². The second kappa shape index (κ2) is 8.61. The highest BCUT2D eigenvalue weighted by Gasteiger charge is 2.34. The van der Waals surface area contributed by atoms with Crippen molar-refractivity contribution in [2.75, 3.05) is 6.54 Å². The molecule has 148 valence electrons. The Balaban J connectivity index is 1.52. The van der Waals surface area contributed by atoms with E-state index in [4.69, 9.17) is 11.6 Å². The van der Waals surface area contributed by atoms with Crippen molar-refractivity contribution in [3.8, 4) is 0 Å². The first kappa shape index (κ1) is 19.4. The van der Waals surface area contributed by atoms with E-state index in [0.717, 1.165) is 25.7 Å². The van der Waals surface area contributed by atoms with Gasteiger partial charge in [-0.1, -0.05) is 42.6 Å². The van der Waals surface area contributed by atoms with E-state index < -0.39 is 0 Å². The molecule has 0 unspecified atom stereocenters. The Morgan fingerprint density at radius 3 is 2.54 bits per heavy atom. The number of hydrogen-bond donors (Lipinski definition) is 0. The number of amides is 2. The summed E-state index contributed by atoms with van der Waals surface area (Å²) in [4.78, 5) is 27.4. The van der Waals surface area contributed by atoms with Crippen molar-refractivity contribution in [1.29, 1.82) is 0 Å². The number of nitrogens with zero attached hydrogens (tertiary/aromatic N) is 5. The quantitative estimate of drug-likeness (QED) is 0.702. The van der Waals surface area contributed by atoms with Crippen molar-refractivity contribution in [3.63, 3.8) is 0 Å². The van der Waals surface area contributed by atoms with Crippen LogP contribution in [0.25, 0.3) is 0 Å². The summed E-state index contributed by atoms with van der Waals surface area (Å²) in [5.41, 5.74) is 0.471. The monoisotopic (exact) mass is 419 g/mol. The number of likely N-dealkylation sites (tertiary alicyclic amines) is 1. The minimum Gasteiger partial charge on any atom is -0.278 e. The van der Waals surface area contributed by atoms with Gasteiger partial charge in [-0.05, 0) is 60.4 Å². The van der Waals surface area contributed by atoms with E-state index in [1.165, 1.54) is 29.5 Å². The molecule has 1 aliphatic heterocycles. The van der Waals surface area contributed by atoms with Gasteiger partial charge < -0.3 is 0 Å². The first-order valence-corrected chi connectivity index (χ1v) is 10.9. The number of halogens is 1. The largest absolute Gasteiger partial charge is 0.278 e. The Hall–Kier alpha value is -1.93. The number of thioether (sulfide) groups is 1. The second-order valence-corrected chi connectivity index (χ2v) is 8.85. The smallest absolute Gasteiger partial charge is 0.260 e. The molecule has 1 aliphatic carbocycles. The fourth-order valence-corrected chi connectivity index (χ4v) is 5.10. The Labute approximate surface area is 172 Å². The lowest BCUT2D eigenvalue weighted by Gasteiger charge is -2.22. The van der Waals surface area contributed by atoms with Crippen LogP contribution in [0.5, 0.6) is 0 Å². The number of rotatable bonds is 4. The highest BCUT2D eigenvalue weighted by Crippen LogP contribution is 2.34. The third-order valence-corrected chi connectivity index (χ3v) is 6.81. The summed E-state index contributed by atoms with van der Waals surface area (Å²) in [6.45, 7) is 0.435. The van der Waals surface area contributed by atoms with Gasteiger partial charge in [0.15, 0.2) is 0 Å². The van der Waals surface area contributed by atoms with Crippen LogP contribution in [0.2, 0.25) is 5.02 Å². The molecule has 0 spiro atoms. The lowest BCUT2D eigenvalue weighted by Crippen LogP contribution is -2.41. The summed E-state index contributed by atoms with van der Waals surface area (Å²) in [5, 5.41) is 13.0. The minimum absolute atomic E-state index is 0.163. The van der Waals surface area contributed by atoms with Crippen LogP contribution in [0.3, 0.4) is 0 Å². The molecule has 0 radical (unpaired) electrons. The van der Waals surface area contributed by atoms with Gasteiger partial charge in [0.25, 0.3) is 5.91 Å². The molecule has 1 aromatic carbocycles. The molecule has 1 saturated heterocycles. The molecule has 1 aromatic heterocycles. The zero-order chi connectivity index (χ0) is 19.5. The van der Waals surface area contributed by atoms with Crippen LogP contribution in [-0.2, 0) is 4.79 Å². The number of aromatic nitrogens is 4. The van der Waals surface area contributed by atoms with Gasteiger partial charge in [-0.15, -0.1) is 5.10 Å². The summed E-state index contributed by atoms with van der Waals surface area (Å²) < 4.78 is 1.86. The molecule has 2 aliphatic rings. The van der Waals surface area contributed by atoms with Crippen LogP contribution < -0.4 is 0 Å². The molecule has 28 heavy (non-hydrogen) atoms. The summed E-state index contributed by atoms with van der Waals surface area (Å²) in [6.07, 6.45) is 6.90. The predicted octanol–water partition coefficient (Wildman–Crippen LogP) is 3.76. The van der Waals surface area contributed by atoms with Crippen molar-refractivity contribution in [2.24, 2.45) is 0 Å². The number of carbonyl (C=O) groups excluding carboxylic acids is 2. The third kappa shape index (κ3) is 4.07. The van der Waals surface area contributed by atoms with Crippen LogP contribution in [0.4, 0.5) is 0 Å². The maximum Gasteiger partial charge on any atom is 0.260 e. The Bertz CT molecular complexity index is 850. The summed E-state index contributed by atoms with van der Waals surface area (Å²) in [7, 11) is 0. The summed E-state index contributed by atoms with van der Waals surface area (Å²) >= 11 is 7.30. The van der Waals surface area contributed by atoms with E-state index in [0.29, 0.717) is 34.7 Å². The highest BCUT2D eigenvalue weighted by molar-refractivity contribution is 8.00. The van der Waals surface area contributed by atoms with Gasteiger partial charge in [-0.2, -0.15) is 0 Å². The topological polar surface area (TPSA) is 81.0 Å². The maximum absolute atomic E-state index is 13.2. The Morgan fingerprint density at radius 1 is 1.07 bits per heavy atom. The van der Waals surface area contributed by atoms with Gasteiger partial charge in [0.2, 0.25) is 11.1 Å². The van der Waals surface area contributed by atoms with E-state index in [1.807, 2.05) is 4.68 Å². The number of tetrazole rings is 1. The van der Waals surface area contributed by atoms with Crippen molar-refractivity contribution < 1.29 is 9.59 Å². The van der Waals surface area contributed by atoms with Gasteiger partial charge in [0.05, 0.1) is 11.3 Å². The number of imide groups is 1. The van der Waals surface area contributed by atoms with Crippen LogP contribution >= 0.6 is 23.4 Å². The fraction of sp³-hybridized carbons (Fsp3) is 0.526. The fourth-order valence-electron chi connectivity index (χ4n) is 3.83. The van der Waals surface area contributed by atoms with E-state index in [-0.39, 0.29) is 17.1 Å². The van der Waals surface area contributed by atoms with Gasteiger partial charge >= 0.3 is 0 Å². The van der Waals surface area contributed by atoms with Gasteiger partial charge in [-0.3, -0.25) is 14.5 Å². The standard InChI is InChI=1S/C19H22ClN5O2S/c20-14-10-8-13(9-11-14)17(26)24-12-4-3-7-16(18(24)27)28-19-21-22-23-25(19)15-5-1-2-6-15/h8-11,15-16H,1-7,12H2/t16-/m1/s1. The molecule has 4 rings (SSSR count). The van der Waals surface area contributed by atoms with E-state index in [9.17, 15) is 9.59 Å². The zero-order valence-electron chi connectivity index (χ0n) is 15.5. The number of carbonyl (C=O) groups is 2. The lowest BCUT2D eigenvalue weighted by atomic mass is 10.2. The van der Waals surface area contributed by atoms with E-state index >= 15 is 0 Å². The maximum atomic E-state index is 13.2. The molecule has 7 nitrogen and oxygen atoms in total. The van der Waals surface area contributed by atoms with Crippen molar-refractivity contribution in [2.45, 2.75) is 61.4 Å². The predicted molar refractivity (Wildman–Crippen MR) is 106 cm³/mol. The van der Waals surface area contributed by atoms with Crippen molar-refractivity contribution in [1.82, 2.24) is 25.1 Å². The van der Waals surface area contributed by atoms with Gasteiger partial charge in [-0.25, -0.2) is 4.68 Å². The highest BCUT2D eigenvalue weighted by atomic mass is 35.5. The molecule has 0 bridgehead atoms. The molecular weight excluding hydrogens is 398 g/mol. The van der Waals surface area contributed by atoms with E-state index in [1.54, 1.807) is 24.3 Å². The Morgan fingerprint density at radius 2 is 1.79 bits per heavy atom. The Kier molecular flexibility index (Phi) is 5.96. The second-order valence-electron chi connectivity index (χ2n) is 7.25. The zero-order valence-corrected chi connectivity index (χ0v) is 17.0. The number of benzene rings is 1. The molecule has 1 atom stereocenters. The molecule has 2 heterocycles. The molecule has 2 fully saturated rings.